The molecule has 232 valence electrons. The number of sulfonamides is 1. The molecule has 1 atom stereocenters. The molecule has 0 saturated carbocycles. The maximum absolute atomic E-state index is 12.8. The predicted molar refractivity (Wildman–Crippen MR) is 159 cm³/mol. The van der Waals surface area contributed by atoms with Crippen LogP contribution in [0.5, 0.6) is 0 Å². The number of benzene rings is 2. The van der Waals surface area contributed by atoms with Crippen LogP contribution in [-0.4, -0.2) is 120 Å². The monoisotopic (exact) mass is 653 g/mol. The highest BCUT2D eigenvalue weighted by molar-refractivity contribution is 7.99. The SMILES string of the molecule is CN(C)S(=O)(=O)c1ccc2c(c1)C(N1CCN(CCCO)CC1)Cc1ccccc1S2.CS(=O)(=O)O.CS(=O)(=O)O. The normalized spacial score (nSPS) is 18.2. The smallest absolute Gasteiger partial charge is 0.261 e. The lowest BCUT2D eigenvalue weighted by Gasteiger charge is -2.39. The zero-order chi connectivity index (χ0) is 31.0. The highest BCUT2D eigenvalue weighted by atomic mass is 32.2. The van der Waals surface area contributed by atoms with Crippen molar-refractivity contribution in [3.05, 3.63) is 53.6 Å². The van der Waals surface area contributed by atoms with Crippen molar-refractivity contribution in [2.24, 2.45) is 0 Å². The molecular weight excluding hydrogens is 615 g/mol. The first-order chi connectivity index (χ1) is 18.9. The summed E-state index contributed by atoms with van der Waals surface area (Å²) in [5.74, 6) is 0. The molecule has 2 aliphatic rings. The highest BCUT2D eigenvalue weighted by Gasteiger charge is 2.31. The maximum atomic E-state index is 12.8. The van der Waals surface area contributed by atoms with Crippen LogP contribution in [0.2, 0.25) is 0 Å². The quantitative estimate of drug-likeness (QED) is 0.386. The number of aliphatic hydroxyl groups is 1. The van der Waals surface area contributed by atoms with Gasteiger partial charge in [-0.3, -0.25) is 14.0 Å². The van der Waals surface area contributed by atoms with Crippen LogP contribution in [-0.2, 0) is 36.7 Å². The molecule has 2 aromatic carbocycles. The number of rotatable bonds is 6. The van der Waals surface area contributed by atoms with Crippen molar-refractivity contribution in [2.45, 2.75) is 33.6 Å². The molecule has 4 rings (SSSR count). The standard InChI is InChI=1S/C23H31N3O3S2.2CH4O3S/c1-24(2)31(28,29)19-8-9-23-20(17-19)21(16-18-6-3-4-7-22(18)30-23)26-13-11-25(12-14-26)10-5-15-27;2*1-5(2,3)4/h3-4,6-9,17,21,27H,5,10-16H2,1-2H3;2*1H3,(H,2,3,4). The van der Waals surface area contributed by atoms with E-state index in [-0.39, 0.29) is 12.6 Å². The van der Waals surface area contributed by atoms with E-state index in [4.69, 9.17) is 14.2 Å². The Morgan fingerprint density at radius 2 is 1.44 bits per heavy atom. The molecule has 0 aliphatic carbocycles. The molecule has 16 heteroatoms. The van der Waals surface area contributed by atoms with Gasteiger partial charge in [0.2, 0.25) is 10.0 Å². The Morgan fingerprint density at radius 1 is 0.878 bits per heavy atom. The third kappa shape index (κ3) is 12.3. The fourth-order valence-corrected chi connectivity index (χ4v) is 6.43. The van der Waals surface area contributed by atoms with Gasteiger partial charge in [0.15, 0.2) is 0 Å². The van der Waals surface area contributed by atoms with Gasteiger partial charge in [-0.25, -0.2) is 12.7 Å². The summed E-state index contributed by atoms with van der Waals surface area (Å²) in [5, 5.41) is 9.12. The minimum Gasteiger partial charge on any atom is -0.396 e. The Bertz CT molecular complexity index is 1430. The summed E-state index contributed by atoms with van der Waals surface area (Å²) >= 11 is 1.74. The summed E-state index contributed by atoms with van der Waals surface area (Å²) in [5.41, 5.74) is 2.42. The minimum atomic E-state index is -3.67. The molecule has 2 heterocycles. The molecule has 2 aliphatic heterocycles. The van der Waals surface area contributed by atoms with E-state index in [0.717, 1.165) is 56.0 Å². The first-order valence-electron chi connectivity index (χ1n) is 12.6. The molecule has 1 fully saturated rings. The van der Waals surface area contributed by atoms with Crippen LogP contribution in [0.25, 0.3) is 0 Å². The molecule has 3 N–H and O–H groups in total. The second-order valence-corrected chi connectivity index (χ2v) is 16.0. The van der Waals surface area contributed by atoms with E-state index in [1.54, 1.807) is 31.9 Å². The summed E-state index contributed by atoms with van der Waals surface area (Å²) in [7, 11) is -7.67. The fraction of sp³-hybridized carbons (Fsp3) is 0.520. The zero-order valence-corrected chi connectivity index (χ0v) is 26.8. The number of hydrogen-bond donors (Lipinski definition) is 3. The van der Waals surface area contributed by atoms with Crippen LogP contribution in [0.3, 0.4) is 0 Å². The first-order valence-corrected chi connectivity index (χ1v) is 18.6. The maximum Gasteiger partial charge on any atom is 0.261 e. The molecule has 0 bridgehead atoms. The minimum absolute atomic E-state index is 0.142. The van der Waals surface area contributed by atoms with Crippen LogP contribution in [0.4, 0.5) is 0 Å². The van der Waals surface area contributed by atoms with E-state index >= 15 is 0 Å². The second kappa shape index (κ2) is 15.2. The van der Waals surface area contributed by atoms with Gasteiger partial charge in [-0.05, 0) is 48.2 Å². The molecule has 0 spiro atoms. The van der Waals surface area contributed by atoms with Gasteiger partial charge in [-0.1, -0.05) is 30.0 Å². The average molecular weight is 654 g/mol. The van der Waals surface area contributed by atoms with E-state index in [9.17, 15) is 25.3 Å². The van der Waals surface area contributed by atoms with Crippen LogP contribution >= 0.6 is 11.8 Å². The van der Waals surface area contributed by atoms with Crippen molar-refractivity contribution in [1.29, 1.82) is 0 Å². The van der Waals surface area contributed by atoms with Crippen LogP contribution < -0.4 is 0 Å². The van der Waals surface area contributed by atoms with Crippen molar-refractivity contribution in [3.8, 4) is 0 Å². The average Bonchev–Trinajstić information content (AvgIpc) is 3.02. The lowest BCUT2D eigenvalue weighted by Crippen LogP contribution is -2.48. The number of nitrogens with zero attached hydrogens (tertiary/aromatic N) is 3. The lowest BCUT2D eigenvalue weighted by molar-refractivity contribution is 0.0898. The zero-order valence-electron chi connectivity index (χ0n) is 23.5. The van der Waals surface area contributed by atoms with Crippen molar-refractivity contribution >= 4 is 42.0 Å². The molecule has 0 aromatic heterocycles. The Hall–Kier alpha value is -1.60. The van der Waals surface area contributed by atoms with Crippen molar-refractivity contribution < 1.29 is 39.5 Å². The summed E-state index contributed by atoms with van der Waals surface area (Å²) in [6, 6.07) is 14.2. The van der Waals surface area contributed by atoms with Gasteiger partial charge < -0.3 is 10.0 Å². The molecule has 1 unspecified atom stereocenters. The molecule has 41 heavy (non-hydrogen) atoms. The van der Waals surface area contributed by atoms with E-state index in [2.05, 4.69) is 34.1 Å². The Morgan fingerprint density at radius 3 is 1.98 bits per heavy atom. The topological polar surface area (TPSA) is 173 Å². The number of piperazine rings is 1. The van der Waals surface area contributed by atoms with Gasteiger partial charge >= 0.3 is 0 Å². The number of hydrogen-bond acceptors (Lipinski definition) is 10. The molecule has 0 radical (unpaired) electrons. The highest BCUT2D eigenvalue weighted by Crippen LogP contribution is 2.43. The van der Waals surface area contributed by atoms with E-state index in [1.165, 1.54) is 14.8 Å². The van der Waals surface area contributed by atoms with Gasteiger partial charge in [-0.2, -0.15) is 16.8 Å². The Kier molecular flexibility index (Phi) is 13.2. The molecule has 12 nitrogen and oxygen atoms in total. The van der Waals surface area contributed by atoms with Crippen LogP contribution in [0, 0.1) is 0 Å². The number of aliphatic hydroxyl groups excluding tert-OH is 1. The van der Waals surface area contributed by atoms with Gasteiger partial charge in [0.25, 0.3) is 20.2 Å². The van der Waals surface area contributed by atoms with Crippen molar-refractivity contribution in [1.82, 2.24) is 14.1 Å². The number of fused-ring (bicyclic) bond motifs is 2. The van der Waals surface area contributed by atoms with Gasteiger partial charge in [0, 0.05) is 69.3 Å². The summed E-state index contributed by atoms with van der Waals surface area (Å²) in [6.45, 7) is 4.97. The van der Waals surface area contributed by atoms with Crippen molar-refractivity contribution in [3.63, 3.8) is 0 Å². The summed E-state index contributed by atoms with van der Waals surface area (Å²) in [6.07, 6.45) is 3.11. The van der Waals surface area contributed by atoms with Gasteiger partial charge in [0.05, 0.1) is 17.4 Å². The molecule has 0 amide bonds. The van der Waals surface area contributed by atoms with Crippen LogP contribution in [0.15, 0.2) is 57.2 Å². The van der Waals surface area contributed by atoms with E-state index < -0.39 is 30.3 Å². The summed E-state index contributed by atoms with van der Waals surface area (Å²) < 4.78 is 78.7. The largest absolute Gasteiger partial charge is 0.396 e. The second-order valence-electron chi connectivity index (χ2n) is 9.84. The van der Waals surface area contributed by atoms with Crippen LogP contribution in [0.1, 0.15) is 23.6 Å². The Labute approximate surface area is 247 Å². The first kappa shape index (κ1) is 35.6. The van der Waals surface area contributed by atoms with E-state index in [1.807, 2.05) is 12.1 Å². The predicted octanol–water partition coefficient (Wildman–Crippen LogP) is 1.69. The Balaban J connectivity index is 0.000000507. The molecule has 2 aromatic rings. The van der Waals surface area contributed by atoms with Gasteiger partial charge in [-0.15, -0.1) is 0 Å². The molecule has 1 saturated heterocycles. The fourth-order valence-electron chi connectivity index (χ4n) is 4.38. The molecular formula is C25H39N3O9S4. The summed E-state index contributed by atoms with van der Waals surface area (Å²) in [4.78, 5) is 7.64. The lowest BCUT2D eigenvalue weighted by atomic mass is 9.96. The third-order valence-corrected chi connectivity index (χ3v) is 9.23. The van der Waals surface area contributed by atoms with Gasteiger partial charge in [0.1, 0.15) is 0 Å². The third-order valence-electron chi connectivity index (χ3n) is 6.20. The van der Waals surface area contributed by atoms with E-state index in [0.29, 0.717) is 17.4 Å². The van der Waals surface area contributed by atoms with Crippen molar-refractivity contribution in [2.75, 3.05) is 65.9 Å².